The van der Waals surface area contributed by atoms with E-state index in [1.165, 1.54) is 58.4 Å². The zero-order valence-corrected chi connectivity index (χ0v) is 12.1. The quantitative estimate of drug-likeness (QED) is 0.803. The second-order valence-electron chi connectivity index (χ2n) is 6.73. The Morgan fingerprint density at radius 2 is 1.78 bits per heavy atom. The number of rotatable bonds is 2. The minimum Gasteiger partial charge on any atom is -0.315 e. The van der Waals surface area contributed by atoms with Crippen molar-refractivity contribution in [1.29, 1.82) is 0 Å². The zero-order chi connectivity index (χ0) is 12.5. The van der Waals surface area contributed by atoms with Crippen LogP contribution in [0.25, 0.3) is 0 Å². The first-order valence-corrected chi connectivity index (χ1v) is 7.96. The van der Waals surface area contributed by atoms with Gasteiger partial charge in [0.15, 0.2) is 0 Å². The van der Waals surface area contributed by atoms with Gasteiger partial charge < -0.3 is 10.2 Å². The largest absolute Gasteiger partial charge is 0.315 e. The normalized spacial score (nSPS) is 36.2. The van der Waals surface area contributed by atoms with Crippen LogP contribution in [0, 0.1) is 5.92 Å². The molecule has 0 spiro atoms. The molecule has 0 aliphatic carbocycles. The van der Waals surface area contributed by atoms with Crippen LogP contribution in [0.15, 0.2) is 0 Å². The predicted octanol–water partition coefficient (Wildman–Crippen LogP) is 1.54. The highest BCUT2D eigenvalue weighted by atomic mass is 15.3. The van der Waals surface area contributed by atoms with Crippen molar-refractivity contribution in [1.82, 2.24) is 15.1 Å². The van der Waals surface area contributed by atoms with Gasteiger partial charge in [0.25, 0.3) is 0 Å². The highest BCUT2D eigenvalue weighted by Gasteiger charge is 2.38. The molecular weight excluding hydrogens is 222 g/mol. The number of likely N-dealkylation sites (tertiary alicyclic amines) is 2. The summed E-state index contributed by atoms with van der Waals surface area (Å²) in [6, 6.07) is 2.45. The first kappa shape index (κ1) is 12.9. The number of piperidine rings is 2. The molecule has 3 fully saturated rings. The van der Waals surface area contributed by atoms with E-state index in [9.17, 15) is 0 Å². The molecule has 0 aromatic heterocycles. The number of nitrogens with zero attached hydrogens (tertiary/aromatic N) is 2. The lowest BCUT2D eigenvalue weighted by molar-refractivity contribution is 0.0330. The standard InChI is InChI=1S/C15H29N3/c1-12(2)17-8-5-14(6-9-17)18-7-3-4-13-10-16-11-15(13)18/h12-16H,3-11H2,1-2H3. The van der Waals surface area contributed by atoms with Crippen LogP contribution in [0.4, 0.5) is 0 Å². The van der Waals surface area contributed by atoms with Crippen molar-refractivity contribution in [2.24, 2.45) is 5.92 Å². The van der Waals surface area contributed by atoms with Crippen molar-refractivity contribution in [2.45, 2.75) is 57.7 Å². The molecule has 3 saturated heterocycles. The van der Waals surface area contributed by atoms with Crippen molar-refractivity contribution in [2.75, 3.05) is 32.7 Å². The number of fused-ring (bicyclic) bond motifs is 1. The summed E-state index contributed by atoms with van der Waals surface area (Å²) in [6.07, 6.45) is 5.66. The minimum absolute atomic E-state index is 0.730. The molecule has 1 N–H and O–H groups in total. The molecule has 0 saturated carbocycles. The fourth-order valence-electron chi connectivity index (χ4n) is 4.29. The molecule has 0 radical (unpaired) electrons. The van der Waals surface area contributed by atoms with Crippen LogP contribution < -0.4 is 5.32 Å². The molecule has 3 nitrogen and oxygen atoms in total. The molecule has 3 aliphatic rings. The van der Waals surface area contributed by atoms with Gasteiger partial charge in [-0.1, -0.05) is 0 Å². The smallest absolute Gasteiger partial charge is 0.0263 e. The van der Waals surface area contributed by atoms with Crippen LogP contribution >= 0.6 is 0 Å². The topological polar surface area (TPSA) is 18.5 Å². The maximum atomic E-state index is 3.61. The van der Waals surface area contributed by atoms with E-state index in [1.54, 1.807) is 0 Å². The summed E-state index contributed by atoms with van der Waals surface area (Å²) in [5.74, 6) is 0.946. The Bertz CT molecular complexity index is 271. The van der Waals surface area contributed by atoms with E-state index in [0.717, 1.165) is 24.0 Å². The van der Waals surface area contributed by atoms with Gasteiger partial charge in [-0.15, -0.1) is 0 Å². The second kappa shape index (κ2) is 5.48. The number of hydrogen-bond acceptors (Lipinski definition) is 3. The van der Waals surface area contributed by atoms with Gasteiger partial charge in [0.1, 0.15) is 0 Å². The van der Waals surface area contributed by atoms with Gasteiger partial charge in [-0.25, -0.2) is 0 Å². The van der Waals surface area contributed by atoms with Crippen LogP contribution in [0.1, 0.15) is 39.5 Å². The molecule has 0 aromatic rings. The molecule has 3 heterocycles. The summed E-state index contributed by atoms with van der Waals surface area (Å²) in [7, 11) is 0. The molecular formula is C15H29N3. The average molecular weight is 251 g/mol. The lowest BCUT2D eigenvalue weighted by Crippen LogP contribution is -2.54. The first-order chi connectivity index (χ1) is 8.75. The van der Waals surface area contributed by atoms with E-state index in [2.05, 4.69) is 29.0 Å². The number of nitrogens with one attached hydrogen (secondary N) is 1. The first-order valence-electron chi connectivity index (χ1n) is 7.96. The third kappa shape index (κ3) is 2.45. The van der Waals surface area contributed by atoms with Crippen molar-refractivity contribution < 1.29 is 0 Å². The fraction of sp³-hybridized carbons (Fsp3) is 1.00. The maximum absolute atomic E-state index is 3.61. The molecule has 104 valence electrons. The van der Waals surface area contributed by atoms with Gasteiger partial charge in [-0.2, -0.15) is 0 Å². The monoisotopic (exact) mass is 251 g/mol. The highest BCUT2D eigenvalue weighted by molar-refractivity contribution is 4.95. The lowest BCUT2D eigenvalue weighted by Gasteiger charge is -2.46. The molecule has 2 atom stereocenters. The van der Waals surface area contributed by atoms with Gasteiger partial charge in [0.05, 0.1) is 0 Å². The third-order valence-electron chi connectivity index (χ3n) is 5.42. The minimum atomic E-state index is 0.730. The Hall–Kier alpha value is -0.120. The Labute approximate surface area is 112 Å². The predicted molar refractivity (Wildman–Crippen MR) is 75.8 cm³/mol. The van der Waals surface area contributed by atoms with Gasteiger partial charge in [-0.3, -0.25) is 4.90 Å². The summed E-state index contributed by atoms with van der Waals surface area (Å²) in [5.41, 5.74) is 0. The van der Waals surface area contributed by atoms with Crippen molar-refractivity contribution in [3.63, 3.8) is 0 Å². The summed E-state index contributed by atoms with van der Waals surface area (Å²) in [5, 5.41) is 3.61. The summed E-state index contributed by atoms with van der Waals surface area (Å²) in [6.45, 7) is 11.2. The Morgan fingerprint density at radius 3 is 2.50 bits per heavy atom. The van der Waals surface area contributed by atoms with E-state index in [1.807, 2.05) is 0 Å². The molecule has 3 heteroatoms. The molecule has 0 amide bonds. The Morgan fingerprint density at radius 1 is 1.00 bits per heavy atom. The molecule has 3 rings (SSSR count). The average Bonchev–Trinajstić information content (AvgIpc) is 2.87. The zero-order valence-electron chi connectivity index (χ0n) is 12.1. The Kier molecular flexibility index (Phi) is 3.92. The molecule has 0 bridgehead atoms. The summed E-state index contributed by atoms with van der Waals surface area (Å²) >= 11 is 0. The van der Waals surface area contributed by atoms with Gasteiger partial charge in [0, 0.05) is 24.7 Å². The van der Waals surface area contributed by atoms with Crippen molar-refractivity contribution in [3.05, 3.63) is 0 Å². The number of hydrogen-bond donors (Lipinski definition) is 1. The third-order valence-corrected chi connectivity index (χ3v) is 5.42. The van der Waals surface area contributed by atoms with Crippen LogP contribution in [0.5, 0.6) is 0 Å². The van der Waals surface area contributed by atoms with E-state index in [4.69, 9.17) is 0 Å². The van der Waals surface area contributed by atoms with Crippen LogP contribution in [0.2, 0.25) is 0 Å². The van der Waals surface area contributed by atoms with E-state index in [0.29, 0.717) is 0 Å². The van der Waals surface area contributed by atoms with E-state index < -0.39 is 0 Å². The van der Waals surface area contributed by atoms with E-state index >= 15 is 0 Å². The Balaban J connectivity index is 1.58. The van der Waals surface area contributed by atoms with Gasteiger partial charge in [0.2, 0.25) is 0 Å². The summed E-state index contributed by atoms with van der Waals surface area (Å²) in [4.78, 5) is 5.51. The molecule has 18 heavy (non-hydrogen) atoms. The summed E-state index contributed by atoms with van der Waals surface area (Å²) < 4.78 is 0. The fourth-order valence-corrected chi connectivity index (χ4v) is 4.29. The van der Waals surface area contributed by atoms with Crippen molar-refractivity contribution >= 4 is 0 Å². The SMILES string of the molecule is CC(C)N1CCC(N2CCCC3CNCC32)CC1. The highest BCUT2D eigenvalue weighted by Crippen LogP contribution is 2.31. The maximum Gasteiger partial charge on any atom is 0.0263 e. The van der Waals surface area contributed by atoms with E-state index in [-0.39, 0.29) is 0 Å². The van der Waals surface area contributed by atoms with Crippen LogP contribution in [0.3, 0.4) is 0 Å². The lowest BCUT2D eigenvalue weighted by atomic mass is 9.88. The molecule has 3 aliphatic heterocycles. The van der Waals surface area contributed by atoms with Gasteiger partial charge in [-0.05, 0) is 71.6 Å². The molecule has 2 unspecified atom stereocenters. The molecule has 0 aromatic carbocycles. The van der Waals surface area contributed by atoms with Crippen molar-refractivity contribution in [3.8, 4) is 0 Å². The second-order valence-corrected chi connectivity index (χ2v) is 6.73. The van der Waals surface area contributed by atoms with Gasteiger partial charge >= 0.3 is 0 Å². The van der Waals surface area contributed by atoms with Crippen LogP contribution in [-0.2, 0) is 0 Å². The van der Waals surface area contributed by atoms with Crippen LogP contribution in [-0.4, -0.2) is 60.6 Å².